The number of carboxylic acids is 1. The fourth-order valence-electron chi connectivity index (χ4n) is 2.60. The van der Waals surface area contributed by atoms with E-state index in [-0.39, 0.29) is 13.0 Å². The number of carbonyl (C=O) groups excluding carboxylic acids is 3. The molecule has 134 valence electrons. The number of alkyl carbamates (subject to hydrolysis) is 1. The van der Waals surface area contributed by atoms with Crippen LogP contribution in [-0.4, -0.2) is 45.7 Å². The molecule has 0 bridgehead atoms. The molecule has 9 heteroatoms. The Bertz CT molecular complexity index is 691. The largest absolute Gasteiger partial charge is 0.479 e. The standard InChI is InChI=1S/C16H18N2O7/c1-3-16(14(21)22)12(13(20)18(16)25-10(2)19)17-15(23)24-9-11-7-5-4-6-8-11/h4-8,12H,3,9H2,1-2H3,(H,17,23)(H,21,22)/t12-,16+/m1/s1. The molecule has 9 nitrogen and oxygen atoms in total. The Kier molecular flexibility index (Phi) is 5.26. The third-order valence-corrected chi connectivity index (χ3v) is 3.89. The number of hydrogen-bond acceptors (Lipinski definition) is 6. The van der Waals surface area contributed by atoms with Gasteiger partial charge in [0, 0.05) is 6.92 Å². The smallest absolute Gasteiger partial charge is 0.408 e. The summed E-state index contributed by atoms with van der Waals surface area (Å²) in [5.41, 5.74) is -1.13. The number of β-lactam (4-membered cyclic amide) rings is 1. The van der Waals surface area contributed by atoms with Crippen molar-refractivity contribution in [2.45, 2.75) is 38.5 Å². The second kappa shape index (κ2) is 7.20. The molecule has 1 saturated heterocycles. The average molecular weight is 350 g/mol. The van der Waals surface area contributed by atoms with E-state index in [2.05, 4.69) is 10.2 Å². The molecule has 0 radical (unpaired) electrons. The number of aliphatic carboxylic acids is 1. The van der Waals surface area contributed by atoms with Crippen LogP contribution >= 0.6 is 0 Å². The van der Waals surface area contributed by atoms with Crippen molar-refractivity contribution in [1.82, 2.24) is 10.4 Å². The lowest BCUT2D eigenvalue weighted by Gasteiger charge is -2.51. The Labute approximate surface area is 143 Å². The molecule has 1 aliphatic rings. The molecule has 2 atom stereocenters. The molecular formula is C16H18N2O7. The normalized spacial score (nSPS) is 21.9. The van der Waals surface area contributed by atoms with Crippen LogP contribution in [0.25, 0.3) is 0 Å². The van der Waals surface area contributed by atoms with Gasteiger partial charge in [0.05, 0.1) is 0 Å². The predicted molar refractivity (Wildman–Crippen MR) is 82.8 cm³/mol. The van der Waals surface area contributed by atoms with Crippen LogP contribution in [0.3, 0.4) is 0 Å². The highest BCUT2D eigenvalue weighted by atomic mass is 16.7. The third kappa shape index (κ3) is 3.39. The van der Waals surface area contributed by atoms with Gasteiger partial charge in [-0.1, -0.05) is 37.3 Å². The number of carboxylic acid groups (broad SMARTS) is 1. The van der Waals surface area contributed by atoms with Crippen LogP contribution in [0.1, 0.15) is 25.8 Å². The lowest BCUT2D eigenvalue weighted by molar-refractivity contribution is -0.256. The minimum absolute atomic E-state index is 0.0343. The Morgan fingerprint density at radius 2 is 1.92 bits per heavy atom. The van der Waals surface area contributed by atoms with E-state index in [1.807, 2.05) is 6.07 Å². The molecule has 1 aromatic carbocycles. The van der Waals surface area contributed by atoms with E-state index in [1.165, 1.54) is 6.92 Å². The van der Waals surface area contributed by atoms with Crippen molar-refractivity contribution in [3.63, 3.8) is 0 Å². The second-order valence-corrected chi connectivity index (χ2v) is 5.44. The summed E-state index contributed by atoms with van der Waals surface area (Å²) in [6, 6.07) is 7.46. The monoisotopic (exact) mass is 350 g/mol. The van der Waals surface area contributed by atoms with E-state index in [4.69, 9.17) is 4.74 Å². The SMILES string of the molecule is CC[C@@]1(C(=O)O)[C@H](NC(=O)OCc2ccccc2)C(=O)N1OC(C)=O. The number of carbonyl (C=O) groups is 4. The number of rotatable bonds is 6. The number of hydrogen-bond donors (Lipinski definition) is 2. The van der Waals surface area contributed by atoms with Crippen molar-refractivity contribution >= 4 is 23.9 Å². The summed E-state index contributed by atoms with van der Waals surface area (Å²) >= 11 is 0. The maximum Gasteiger partial charge on any atom is 0.408 e. The fraction of sp³-hybridized carbons (Fsp3) is 0.375. The average Bonchev–Trinajstić information content (AvgIpc) is 2.59. The Morgan fingerprint density at radius 3 is 2.44 bits per heavy atom. The first kappa shape index (κ1) is 18.2. The first-order valence-electron chi connectivity index (χ1n) is 7.56. The third-order valence-electron chi connectivity index (χ3n) is 3.89. The van der Waals surface area contributed by atoms with Crippen LogP contribution in [0.2, 0.25) is 0 Å². The molecule has 1 aliphatic heterocycles. The van der Waals surface area contributed by atoms with Gasteiger partial charge in [0.2, 0.25) is 5.54 Å². The van der Waals surface area contributed by atoms with Gasteiger partial charge in [-0.15, -0.1) is 5.06 Å². The van der Waals surface area contributed by atoms with Gasteiger partial charge in [-0.05, 0) is 12.0 Å². The van der Waals surface area contributed by atoms with Crippen molar-refractivity contribution in [2.24, 2.45) is 0 Å². The summed E-state index contributed by atoms with van der Waals surface area (Å²) in [5.74, 6) is -3.07. The molecule has 0 saturated carbocycles. The zero-order valence-corrected chi connectivity index (χ0v) is 13.7. The number of nitrogens with zero attached hydrogens (tertiary/aromatic N) is 1. The van der Waals surface area contributed by atoms with E-state index < -0.39 is 35.5 Å². The summed E-state index contributed by atoms with van der Waals surface area (Å²) in [7, 11) is 0. The summed E-state index contributed by atoms with van der Waals surface area (Å²) in [5, 5.41) is 12.2. The van der Waals surface area contributed by atoms with Crippen molar-refractivity contribution in [3.05, 3.63) is 35.9 Å². The highest BCUT2D eigenvalue weighted by Gasteiger charge is 2.68. The van der Waals surface area contributed by atoms with Gasteiger partial charge in [-0.25, -0.2) is 9.59 Å². The van der Waals surface area contributed by atoms with E-state index >= 15 is 0 Å². The first-order valence-corrected chi connectivity index (χ1v) is 7.56. The zero-order chi connectivity index (χ0) is 18.6. The molecule has 0 spiro atoms. The number of amides is 2. The van der Waals surface area contributed by atoms with Crippen LogP contribution in [0.5, 0.6) is 0 Å². The Morgan fingerprint density at radius 1 is 1.28 bits per heavy atom. The summed E-state index contributed by atoms with van der Waals surface area (Å²) in [4.78, 5) is 51.4. The summed E-state index contributed by atoms with van der Waals surface area (Å²) in [6.07, 6.45) is -1.02. The molecule has 25 heavy (non-hydrogen) atoms. The van der Waals surface area contributed by atoms with Gasteiger partial charge in [0.1, 0.15) is 6.61 Å². The van der Waals surface area contributed by atoms with Crippen LogP contribution < -0.4 is 5.32 Å². The number of ether oxygens (including phenoxy) is 1. The maximum atomic E-state index is 12.1. The number of benzene rings is 1. The van der Waals surface area contributed by atoms with Gasteiger partial charge >= 0.3 is 18.0 Å². The zero-order valence-electron chi connectivity index (χ0n) is 13.7. The maximum absolute atomic E-state index is 12.1. The molecular weight excluding hydrogens is 332 g/mol. The minimum atomic E-state index is -1.87. The fourth-order valence-corrected chi connectivity index (χ4v) is 2.60. The topological polar surface area (TPSA) is 122 Å². The van der Waals surface area contributed by atoms with Crippen LogP contribution in [-0.2, 0) is 30.6 Å². The predicted octanol–water partition coefficient (Wildman–Crippen LogP) is 0.835. The van der Waals surface area contributed by atoms with Gasteiger partial charge in [0.25, 0.3) is 5.91 Å². The van der Waals surface area contributed by atoms with Gasteiger partial charge in [-0.3, -0.25) is 9.59 Å². The van der Waals surface area contributed by atoms with E-state index in [0.717, 1.165) is 12.5 Å². The number of nitrogens with one attached hydrogen (secondary N) is 1. The summed E-state index contributed by atoms with van der Waals surface area (Å²) < 4.78 is 5.00. The summed E-state index contributed by atoms with van der Waals surface area (Å²) in [6.45, 7) is 2.51. The van der Waals surface area contributed by atoms with E-state index in [9.17, 15) is 24.3 Å². The Hall–Kier alpha value is -3.10. The molecule has 0 aliphatic carbocycles. The van der Waals surface area contributed by atoms with Crippen molar-refractivity contribution in [2.75, 3.05) is 0 Å². The van der Waals surface area contributed by atoms with E-state index in [1.54, 1.807) is 24.3 Å². The lowest BCUT2D eigenvalue weighted by atomic mass is 9.78. The molecule has 1 fully saturated rings. The molecule has 2 N–H and O–H groups in total. The minimum Gasteiger partial charge on any atom is -0.479 e. The van der Waals surface area contributed by atoms with Crippen molar-refractivity contribution in [1.29, 1.82) is 0 Å². The van der Waals surface area contributed by atoms with Crippen LogP contribution in [0.4, 0.5) is 4.79 Å². The van der Waals surface area contributed by atoms with E-state index in [0.29, 0.717) is 5.06 Å². The molecule has 2 amide bonds. The highest BCUT2D eigenvalue weighted by Crippen LogP contribution is 2.36. The highest BCUT2D eigenvalue weighted by molar-refractivity contribution is 6.04. The molecule has 1 aromatic rings. The quantitative estimate of drug-likeness (QED) is 0.729. The van der Waals surface area contributed by atoms with Crippen molar-refractivity contribution < 1.29 is 33.9 Å². The molecule has 0 aromatic heterocycles. The number of hydroxylamine groups is 2. The molecule has 1 heterocycles. The first-order chi connectivity index (χ1) is 11.8. The molecule has 2 rings (SSSR count). The Balaban J connectivity index is 2.06. The van der Waals surface area contributed by atoms with Crippen LogP contribution in [0, 0.1) is 0 Å². The lowest BCUT2D eigenvalue weighted by Crippen LogP contribution is -2.81. The van der Waals surface area contributed by atoms with Gasteiger partial charge < -0.3 is 20.0 Å². The van der Waals surface area contributed by atoms with Crippen molar-refractivity contribution in [3.8, 4) is 0 Å². The van der Waals surface area contributed by atoms with Crippen LogP contribution in [0.15, 0.2) is 30.3 Å². The molecule has 0 unspecified atom stereocenters. The van der Waals surface area contributed by atoms with Gasteiger partial charge in [-0.2, -0.15) is 0 Å². The second-order valence-electron chi connectivity index (χ2n) is 5.44. The van der Waals surface area contributed by atoms with Gasteiger partial charge in [0.15, 0.2) is 6.04 Å².